The van der Waals surface area contributed by atoms with Crippen LogP contribution in [0.4, 0.5) is 0 Å². The maximum absolute atomic E-state index is 12.8. The Bertz CT molecular complexity index is 776. The summed E-state index contributed by atoms with van der Waals surface area (Å²) in [5, 5.41) is 0. The molecule has 0 fully saturated rings. The third kappa shape index (κ3) is 3.52. The first-order chi connectivity index (χ1) is 12.2. The first kappa shape index (κ1) is 17.1. The molecule has 6 heteroatoms. The Hall–Kier alpha value is -2.76. The Morgan fingerprint density at radius 1 is 1.16 bits per heavy atom. The van der Waals surface area contributed by atoms with Gasteiger partial charge in [0, 0.05) is 31.1 Å². The van der Waals surface area contributed by atoms with Crippen molar-refractivity contribution in [2.45, 2.75) is 19.9 Å². The third-order valence-corrected chi connectivity index (χ3v) is 4.23. The lowest BCUT2D eigenvalue weighted by Gasteiger charge is -2.28. The standard InChI is InChI=1S/C19H22N2O4/c1-4-25-18-8-6-14-12-21(10-9-15(14)20-18)19(22)13-5-7-16(23-2)17(11-13)24-3/h5-8,11H,4,9-10,12H2,1-3H3. The first-order valence-corrected chi connectivity index (χ1v) is 8.29. The van der Waals surface area contributed by atoms with Gasteiger partial charge in [0.15, 0.2) is 11.5 Å². The van der Waals surface area contributed by atoms with Crippen LogP contribution < -0.4 is 14.2 Å². The van der Waals surface area contributed by atoms with Crippen molar-refractivity contribution in [2.75, 3.05) is 27.4 Å². The van der Waals surface area contributed by atoms with Gasteiger partial charge < -0.3 is 19.1 Å². The Labute approximate surface area is 147 Å². The number of carbonyl (C=O) groups excluding carboxylic acids is 1. The van der Waals surface area contributed by atoms with E-state index in [0.717, 1.165) is 17.7 Å². The predicted octanol–water partition coefficient (Wildman–Crippen LogP) is 2.70. The molecule has 1 aromatic heterocycles. The van der Waals surface area contributed by atoms with Crippen molar-refractivity contribution < 1.29 is 19.0 Å². The molecule has 132 valence electrons. The van der Waals surface area contributed by atoms with E-state index in [1.807, 2.05) is 24.0 Å². The summed E-state index contributed by atoms with van der Waals surface area (Å²) in [7, 11) is 3.13. The van der Waals surface area contributed by atoms with Crippen LogP contribution in [0.25, 0.3) is 0 Å². The number of ether oxygens (including phenoxy) is 3. The summed E-state index contributed by atoms with van der Waals surface area (Å²) in [4.78, 5) is 19.2. The minimum Gasteiger partial charge on any atom is -0.493 e. The predicted molar refractivity (Wildman–Crippen MR) is 93.4 cm³/mol. The fraction of sp³-hybridized carbons (Fsp3) is 0.368. The molecular weight excluding hydrogens is 320 g/mol. The summed E-state index contributed by atoms with van der Waals surface area (Å²) in [6.07, 6.45) is 0.718. The van der Waals surface area contributed by atoms with E-state index < -0.39 is 0 Å². The van der Waals surface area contributed by atoms with E-state index in [-0.39, 0.29) is 5.91 Å². The molecule has 1 amide bonds. The van der Waals surface area contributed by atoms with Crippen LogP contribution in [0.3, 0.4) is 0 Å². The Morgan fingerprint density at radius 2 is 1.96 bits per heavy atom. The van der Waals surface area contributed by atoms with Crippen molar-refractivity contribution in [1.82, 2.24) is 9.88 Å². The van der Waals surface area contributed by atoms with Crippen LogP contribution in [-0.2, 0) is 13.0 Å². The molecule has 0 unspecified atom stereocenters. The van der Waals surface area contributed by atoms with E-state index in [4.69, 9.17) is 14.2 Å². The van der Waals surface area contributed by atoms with Gasteiger partial charge in [-0.1, -0.05) is 6.07 Å². The second kappa shape index (κ2) is 7.42. The van der Waals surface area contributed by atoms with E-state index in [9.17, 15) is 4.79 Å². The van der Waals surface area contributed by atoms with Crippen molar-refractivity contribution in [3.05, 3.63) is 47.2 Å². The minimum atomic E-state index is -0.0273. The number of hydrogen-bond acceptors (Lipinski definition) is 5. The zero-order valence-corrected chi connectivity index (χ0v) is 14.7. The smallest absolute Gasteiger partial charge is 0.254 e. The number of pyridine rings is 1. The lowest BCUT2D eigenvalue weighted by Crippen LogP contribution is -2.36. The summed E-state index contributed by atoms with van der Waals surface area (Å²) in [5.41, 5.74) is 2.64. The highest BCUT2D eigenvalue weighted by Crippen LogP contribution is 2.29. The zero-order chi connectivity index (χ0) is 17.8. The first-order valence-electron chi connectivity index (χ1n) is 8.29. The van der Waals surface area contributed by atoms with Gasteiger partial charge in [-0.15, -0.1) is 0 Å². The molecule has 0 saturated carbocycles. The normalized spacial score (nSPS) is 13.2. The lowest BCUT2D eigenvalue weighted by atomic mass is 10.0. The molecule has 0 spiro atoms. The van der Waals surface area contributed by atoms with Crippen molar-refractivity contribution in [1.29, 1.82) is 0 Å². The number of benzene rings is 1. The summed E-state index contributed by atoms with van der Waals surface area (Å²) >= 11 is 0. The zero-order valence-electron chi connectivity index (χ0n) is 14.7. The largest absolute Gasteiger partial charge is 0.493 e. The minimum absolute atomic E-state index is 0.0273. The quantitative estimate of drug-likeness (QED) is 0.836. The van der Waals surface area contributed by atoms with Gasteiger partial charge in [-0.2, -0.15) is 0 Å². The van der Waals surface area contributed by atoms with Crippen LogP contribution in [0.2, 0.25) is 0 Å². The molecule has 0 atom stereocenters. The van der Waals surface area contributed by atoms with Gasteiger partial charge in [0.05, 0.1) is 26.5 Å². The molecule has 2 aromatic rings. The molecular formula is C19H22N2O4. The van der Waals surface area contributed by atoms with Gasteiger partial charge in [0.1, 0.15) is 0 Å². The monoisotopic (exact) mass is 342 g/mol. The molecule has 3 rings (SSSR count). The number of amides is 1. The number of nitrogens with zero attached hydrogens (tertiary/aromatic N) is 2. The van der Waals surface area contributed by atoms with Gasteiger partial charge in [0.25, 0.3) is 5.91 Å². The SMILES string of the molecule is CCOc1ccc2c(n1)CCN(C(=O)c1ccc(OC)c(OC)c1)C2. The summed E-state index contributed by atoms with van der Waals surface area (Å²) in [6, 6.07) is 9.07. The van der Waals surface area contributed by atoms with Crippen LogP contribution in [0.1, 0.15) is 28.5 Å². The van der Waals surface area contributed by atoms with Gasteiger partial charge in [-0.25, -0.2) is 4.98 Å². The number of carbonyl (C=O) groups is 1. The number of fused-ring (bicyclic) bond motifs is 1. The van der Waals surface area contributed by atoms with Crippen molar-refractivity contribution >= 4 is 5.91 Å². The van der Waals surface area contributed by atoms with Crippen molar-refractivity contribution in [3.63, 3.8) is 0 Å². The number of rotatable bonds is 5. The highest BCUT2D eigenvalue weighted by atomic mass is 16.5. The topological polar surface area (TPSA) is 60.9 Å². The molecule has 25 heavy (non-hydrogen) atoms. The van der Waals surface area contributed by atoms with E-state index in [0.29, 0.717) is 42.6 Å². The Balaban J connectivity index is 1.78. The summed E-state index contributed by atoms with van der Waals surface area (Å²) in [6.45, 7) is 3.70. The molecule has 0 radical (unpaired) electrons. The van der Waals surface area contributed by atoms with Gasteiger partial charge in [-0.3, -0.25) is 4.79 Å². The van der Waals surface area contributed by atoms with Crippen LogP contribution in [0.5, 0.6) is 17.4 Å². The molecule has 0 N–H and O–H groups in total. The van der Waals surface area contributed by atoms with Gasteiger partial charge >= 0.3 is 0 Å². The highest BCUT2D eigenvalue weighted by Gasteiger charge is 2.23. The van der Waals surface area contributed by atoms with Crippen LogP contribution in [0.15, 0.2) is 30.3 Å². The molecule has 0 aliphatic carbocycles. The lowest BCUT2D eigenvalue weighted by molar-refractivity contribution is 0.0733. The van der Waals surface area contributed by atoms with Crippen molar-refractivity contribution in [3.8, 4) is 17.4 Å². The Morgan fingerprint density at radius 3 is 2.68 bits per heavy atom. The molecule has 1 aliphatic rings. The number of aromatic nitrogens is 1. The van der Waals surface area contributed by atoms with Crippen LogP contribution in [-0.4, -0.2) is 43.2 Å². The average molecular weight is 342 g/mol. The van der Waals surface area contributed by atoms with Crippen LogP contribution >= 0.6 is 0 Å². The third-order valence-electron chi connectivity index (χ3n) is 4.23. The molecule has 1 aliphatic heterocycles. The molecule has 6 nitrogen and oxygen atoms in total. The van der Waals surface area contributed by atoms with E-state index in [2.05, 4.69) is 4.98 Å². The molecule has 1 aromatic carbocycles. The van der Waals surface area contributed by atoms with Crippen LogP contribution in [0, 0.1) is 0 Å². The summed E-state index contributed by atoms with van der Waals surface area (Å²) < 4.78 is 16.0. The van der Waals surface area contributed by atoms with Gasteiger partial charge in [0.2, 0.25) is 5.88 Å². The second-order valence-electron chi connectivity index (χ2n) is 5.73. The maximum Gasteiger partial charge on any atom is 0.254 e. The van der Waals surface area contributed by atoms with E-state index >= 15 is 0 Å². The van der Waals surface area contributed by atoms with Gasteiger partial charge in [-0.05, 0) is 30.7 Å². The van der Waals surface area contributed by atoms with E-state index in [1.54, 1.807) is 32.4 Å². The molecule has 0 bridgehead atoms. The second-order valence-corrected chi connectivity index (χ2v) is 5.73. The number of hydrogen-bond donors (Lipinski definition) is 0. The number of methoxy groups -OCH3 is 2. The average Bonchev–Trinajstić information content (AvgIpc) is 2.66. The Kier molecular flexibility index (Phi) is 5.07. The fourth-order valence-electron chi connectivity index (χ4n) is 2.95. The van der Waals surface area contributed by atoms with Crippen molar-refractivity contribution in [2.24, 2.45) is 0 Å². The molecule has 0 saturated heterocycles. The van der Waals surface area contributed by atoms with E-state index in [1.165, 1.54) is 0 Å². The maximum atomic E-state index is 12.8. The fourth-order valence-corrected chi connectivity index (χ4v) is 2.95. The summed E-state index contributed by atoms with van der Waals surface area (Å²) in [5.74, 6) is 1.77. The highest BCUT2D eigenvalue weighted by molar-refractivity contribution is 5.95. The molecule has 2 heterocycles.